The summed E-state index contributed by atoms with van der Waals surface area (Å²) in [7, 11) is -4.07. The monoisotopic (exact) mass is 198 g/mol. The van der Waals surface area contributed by atoms with E-state index < -0.39 is 13.8 Å². The maximum Gasteiger partial charge on any atom is 0.333 e. The van der Waals surface area contributed by atoms with Crippen LogP contribution in [-0.2, 0) is 4.57 Å². The lowest BCUT2D eigenvalue weighted by molar-refractivity contribution is 0.378. The molecule has 5 nitrogen and oxygen atoms in total. The summed E-state index contributed by atoms with van der Waals surface area (Å²) in [4.78, 5) is 16.8. The molecule has 0 heterocycles. The smallest absolute Gasteiger partial charge is 0.333 e. The van der Waals surface area contributed by atoms with E-state index in [1.54, 1.807) is 0 Å². The van der Waals surface area contributed by atoms with Crippen molar-refractivity contribution in [1.29, 1.82) is 5.41 Å². The van der Waals surface area contributed by atoms with Crippen LogP contribution in [-0.4, -0.2) is 34.1 Å². The molecule has 11 heavy (non-hydrogen) atoms. The summed E-state index contributed by atoms with van der Waals surface area (Å²) < 4.78 is 10.3. The highest BCUT2D eigenvalue weighted by Gasteiger charge is 2.15. The van der Waals surface area contributed by atoms with Crippen molar-refractivity contribution in [3.8, 4) is 0 Å². The molecular formula is C4H11N2O3PS. The largest absolute Gasteiger partial charge is 0.373 e. The minimum absolute atomic E-state index is 0.146. The second-order valence-corrected chi connectivity index (χ2v) is 4.04. The molecule has 0 spiro atoms. The summed E-state index contributed by atoms with van der Waals surface area (Å²) in [5.74, 6) is 0.385. The Balaban J connectivity index is 3.62. The fraction of sp³-hybridized carbons (Fsp3) is 0.750. The van der Waals surface area contributed by atoms with Crippen molar-refractivity contribution in [3.63, 3.8) is 0 Å². The van der Waals surface area contributed by atoms with Gasteiger partial charge in [0.1, 0.15) is 12.0 Å². The molecule has 0 atom stereocenters. The van der Waals surface area contributed by atoms with E-state index in [0.717, 1.165) is 0 Å². The van der Waals surface area contributed by atoms with Crippen molar-refractivity contribution in [1.82, 2.24) is 5.32 Å². The maximum absolute atomic E-state index is 10.3. The topological polar surface area (TPSA) is 93.4 Å². The molecule has 0 fully saturated rings. The number of amidine groups is 1. The molecule has 0 aromatic carbocycles. The van der Waals surface area contributed by atoms with Gasteiger partial charge in [-0.1, -0.05) is 0 Å². The van der Waals surface area contributed by atoms with Crippen LogP contribution in [0.3, 0.4) is 0 Å². The van der Waals surface area contributed by atoms with Gasteiger partial charge in [0.15, 0.2) is 0 Å². The molecule has 0 aliphatic heterocycles. The molecule has 0 amide bonds. The summed E-state index contributed by atoms with van der Waals surface area (Å²) in [6.45, 7) is 0.446. The number of thiol groups is 1. The first-order valence-electron chi connectivity index (χ1n) is 2.92. The average Bonchev–Trinajstić information content (AvgIpc) is 1.79. The van der Waals surface area contributed by atoms with Crippen molar-refractivity contribution in [2.45, 2.75) is 0 Å². The van der Waals surface area contributed by atoms with Crippen LogP contribution in [0, 0.1) is 5.41 Å². The molecule has 0 aliphatic carbocycles. The summed E-state index contributed by atoms with van der Waals surface area (Å²) in [5, 5.41) is 9.51. The quantitative estimate of drug-likeness (QED) is 0.185. The highest BCUT2D eigenvalue weighted by molar-refractivity contribution is 7.80. The fourth-order valence-electron chi connectivity index (χ4n) is 0.469. The first kappa shape index (κ1) is 11.0. The van der Waals surface area contributed by atoms with Crippen molar-refractivity contribution >= 4 is 26.1 Å². The van der Waals surface area contributed by atoms with Gasteiger partial charge in [-0.15, -0.1) is 0 Å². The van der Waals surface area contributed by atoms with Crippen LogP contribution in [0.15, 0.2) is 0 Å². The van der Waals surface area contributed by atoms with Crippen molar-refractivity contribution in [2.75, 3.05) is 18.5 Å². The molecule has 66 valence electrons. The van der Waals surface area contributed by atoms with Crippen LogP contribution in [0.1, 0.15) is 0 Å². The van der Waals surface area contributed by atoms with E-state index in [4.69, 9.17) is 15.2 Å². The van der Waals surface area contributed by atoms with Gasteiger partial charge in [-0.25, -0.2) is 0 Å². The van der Waals surface area contributed by atoms with Gasteiger partial charge in [-0.3, -0.25) is 9.97 Å². The van der Waals surface area contributed by atoms with E-state index in [9.17, 15) is 4.57 Å². The SMILES string of the molecule is N=C(CP(=O)(O)O)NCCS. The molecule has 0 aliphatic rings. The van der Waals surface area contributed by atoms with E-state index >= 15 is 0 Å². The third-order valence-corrected chi connectivity index (χ3v) is 1.77. The van der Waals surface area contributed by atoms with E-state index in [1.807, 2.05) is 0 Å². The maximum atomic E-state index is 10.3. The van der Waals surface area contributed by atoms with Crippen LogP contribution in [0.25, 0.3) is 0 Å². The third-order valence-electron chi connectivity index (χ3n) is 0.814. The number of nitrogens with one attached hydrogen (secondary N) is 2. The van der Waals surface area contributed by atoms with Gasteiger partial charge in [-0.05, 0) is 0 Å². The Hall–Kier alpha value is -0.0300. The minimum atomic E-state index is -4.07. The zero-order chi connectivity index (χ0) is 8.91. The second kappa shape index (κ2) is 4.77. The van der Waals surface area contributed by atoms with E-state index in [1.165, 1.54) is 0 Å². The summed E-state index contributed by atoms with van der Waals surface area (Å²) in [5.41, 5.74) is 0. The van der Waals surface area contributed by atoms with Crippen LogP contribution in [0.2, 0.25) is 0 Å². The van der Waals surface area contributed by atoms with Gasteiger partial charge in [0, 0.05) is 12.3 Å². The Morgan fingerprint density at radius 3 is 2.55 bits per heavy atom. The average molecular weight is 198 g/mol. The number of hydrogen-bond acceptors (Lipinski definition) is 3. The van der Waals surface area contributed by atoms with Gasteiger partial charge in [0.05, 0.1) is 0 Å². The predicted octanol–water partition coefficient (Wildman–Crippen LogP) is -0.339. The van der Waals surface area contributed by atoms with Crippen LogP contribution in [0.4, 0.5) is 0 Å². The molecule has 0 saturated heterocycles. The Bertz CT molecular complexity index is 180. The Morgan fingerprint density at radius 1 is 1.64 bits per heavy atom. The molecule has 0 aromatic heterocycles. The minimum Gasteiger partial charge on any atom is -0.373 e. The molecule has 0 bridgehead atoms. The van der Waals surface area contributed by atoms with Crippen molar-refractivity contribution in [3.05, 3.63) is 0 Å². The first-order valence-corrected chi connectivity index (χ1v) is 5.35. The fourth-order valence-corrected chi connectivity index (χ4v) is 1.10. The number of rotatable bonds is 4. The summed E-state index contributed by atoms with van der Waals surface area (Å²) in [6.07, 6.45) is -0.527. The van der Waals surface area contributed by atoms with E-state index in [0.29, 0.717) is 12.3 Å². The van der Waals surface area contributed by atoms with Gasteiger partial charge in [0.25, 0.3) is 0 Å². The molecule has 0 radical (unpaired) electrons. The Kier molecular flexibility index (Phi) is 4.76. The summed E-state index contributed by atoms with van der Waals surface area (Å²) >= 11 is 3.85. The van der Waals surface area contributed by atoms with Crippen LogP contribution in [0.5, 0.6) is 0 Å². The zero-order valence-corrected chi connectivity index (χ0v) is 7.61. The summed E-state index contributed by atoms with van der Waals surface area (Å²) in [6, 6.07) is 0. The van der Waals surface area contributed by atoms with E-state index in [-0.39, 0.29) is 5.84 Å². The van der Waals surface area contributed by atoms with Gasteiger partial charge in [-0.2, -0.15) is 12.6 Å². The molecule has 0 aromatic rings. The van der Waals surface area contributed by atoms with E-state index in [2.05, 4.69) is 17.9 Å². The van der Waals surface area contributed by atoms with Gasteiger partial charge < -0.3 is 15.1 Å². The lowest BCUT2D eigenvalue weighted by atomic mass is 10.6. The van der Waals surface area contributed by atoms with Crippen molar-refractivity contribution < 1.29 is 14.4 Å². The first-order chi connectivity index (χ1) is 4.95. The highest BCUT2D eigenvalue weighted by Crippen LogP contribution is 2.33. The second-order valence-electron chi connectivity index (χ2n) is 1.95. The lowest BCUT2D eigenvalue weighted by Crippen LogP contribution is -2.27. The lowest BCUT2D eigenvalue weighted by Gasteiger charge is -2.06. The highest BCUT2D eigenvalue weighted by atomic mass is 32.1. The number of hydrogen-bond donors (Lipinski definition) is 5. The third kappa shape index (κ3) is 7.87. The molecule has 0 saturated carbocycles. The molecule has 0 unspecified atom stereocenters. The predicted molar refractivity (Wildman–Crippen MR) is 46.5 cm³/mol. The molecule has 0 rings (SSSR count). The van der Waals surface area contributed by atoms with Crippen LogP contribution < -0.4 is 5.32 Å². The van der Waals surface area contributed by atoms with Crippen LogP contribution >= 0.6 is 20.2 Å². The molecule has 7 heteroatoms. The van der Waals surface area contributed by atoms with Gasteiger partial charge >= 0.3 is 7.60 Å². The molecular weight excluding hydrogens is 187 g/mol. The standard InChI is InChI=1S/C4H11N2O3PS/c5-4(6-1-2-11)3-10(7,8)9/h11H,1-3H2,(H2,5,6)(H2,7,8,9). The normalized spacial score (nSPS) is 11.2. The Morgan fingerprint density at radius 2 is 2.18 bits per heavy atom. The van der Waals surface area contributed by atoms with Gasteiger partial charge in [0.2, 0.25) is 0 Å². The van der Waals surface area contributed by atoms with Crippen molar-refractivity contribution in [2.24, 2.45) is 0 Å². The molecule has 4 N–H and O–H groups in total. The zero-order valence-electron chi connectivity index (χ0n) is 5.82. The Labute approximate surface area is 70.3 Å².